The Morgan fingerprint density at radius 2 is 2.21 bits per heavy atom. The highest BCUT2D eigenvalue weighted by Gasteiger charge is 2.03. The lowest BCUT2D eigenvalue weighted by Crippen LogP contribution is -2.23. The lowest BCUT2D eigenvalue weighted by molar-refractivity contribution is 0.154. The molecule has 0 saturated carbocycles. The Morgan fingerprint density at radius 1 is 1.42 bits per heavy atom. The molecule has 0 spiro atoms. The van der Waals surface area contributed by atoms with Gasteiger partial charge in [-0.3, -0.25) is 0 Å². The number of hydrogen-bond acceptors (Lipinski definition) is 3. The van der Waals surface area contributed by atoms with Crippen molar-refractivity contribution in [2.75, 3.05) is 32.2 Å². The maximum Gasteiger partial charge on any atom is 0.193 e. The standard InChI is InChI=1S/C14H19N3O2/c1-18-13-4-2-12(3-5-13)17-14(15)16-10-11-6-8-19-9-7-11/h2-6H,7-10H2,1H3,(H3,15,16,17). The van der Waals surface area contributed by atoms with Gasteiger partial charge in [0.1, 0.15) is 5.75 Å². The summed E-state index contributed by atoms with van der Waals surface area (Å²) >= 11 is 0. The molecule has 1 aromatic rings. The lowest BCUT2D eigenvalue weighted by atomic mass is 10.1. The third-order valence-corrected chi connectivity index (χ3v) is 2.87. The second-order valence-electron chi connectivity index (χ2n) is 4.24. The summed E-state index contributed by atoms with van der Waals surface area (Å²) in [6.45, 7) is 2.07. The zero-order valence-corrected chi connectivity index (χ0v) is 11.1. The van der Waals surface area contributed by atoms with Gasteiger partial charge in [0.25, 0.3) is 0 Å². The van der Waals surface area contributed by atoms with Crippen LogP contribution < -0.4 is 15.8 Å². The summed E-state index contributed by atoms with van der Waals surface area (Å²) < 4.78 is 10.3. The number of nitrogens with one attached hydrogen (secondary N) is 1. The van der Waals surface area contributed by atoms with Crippen molar-refractivity contribution in [1.82, 2.24) is 0 Å². The van der Waals surface area contributed by atoms with E-state index in [-0.39, 0.29) is 0 Å². The van der Waals surface area contributed by atoms with E-state index in [0.717, 1.165) is 24.5 Å². The molecule has 5 nitrogen and oxygen atoms in total. The third kappa shape index (κ3) is 4.30. The van der Waals surface area contributed by atoms with Crippen molar-refractivity contribution in [2.24, 2.45) is 10.7 Å². The minimum Gasteiger partial charge on any atom is -0.497 e. The fraction of sp³-hybridized carbons (Fsp3) is 0.357. The van der Waals surface area contributed by atoms with Gasteiger partial charge in [0.2, 0.25) is 0 Å². The van der Waals surface area contributed by atoms with Gasteiger partial charge in [-0.1, -0.05) is 6.08 Å². The maximum absolute atomic E-state index is 5.84. The normalized spacial score (nSPS) is 15.8. The van der Waals surface area contributed by atoms with Crippen molar-refractivity contribution in [3.8, 4) is 5.75 Å². The van der Waals surface area contributed by atoms with Crippen molar-refractivity contribution in [3.63, 3.8) is 0 Å². The molecule has 2 rings (SSSR count). The first-order valence-corrected chi connectivity index (χ1v) is 6.24. The Labute approximate surface area is 113 Å². The van der Waals surface area contributed by atoms with E-state index in [4.69, 9.17) is 15.2 Å². The zero-order chi connectivity index (χ0) is 13.5. The van der Waals surface area contributed by atoms with Crippen LogP contribution in [0.4, 0.5) is 5.69 Å². The number of guanidine groups is 1. The molecule has 0 radical (unpaired) electrons. The molecule has 1 aliphatic rings. The Bertz CT molecular complexity index is 466. The molecule has 0 saturated heterocycles. The fourth-order valence-electron chi connectivity index (χ4n) is 1.76. The number of aliphatic imine (C=N–C) groups is 1. The van der Waals surface area contributed by atoms with E-state index in [2.05, 4.69) is 16.4 Å². The van der Waals surface area contributed by atoms with Crippen molar-refractivity contribution in [1.29, 1.82) is 0 Å². The lowest BCUT2D eigenvalue weighted by Gasteiger charge is -2.12. The quantitative estimate of drug-likeness (QED) is 0.492. The summed E-state index contributed by atoms with van der Waals surface area (Å²) in [5, 5.41) is 3.05. The minimum absolute atomic E-state index is 0.414. The first-order chi connectivity index (χ1) is 9.28. The highest BCUT2D eigenvalue weighted by Crippen LogP contribution is 2.14. The number of hydrogen-bond donors (Lipinski definition) is 2. The average molecular weight is 261 g/mol. The van der Waals surface area contributed by atoms with E-state index in [1.54, 1.807) is 7.11 Å². The van der Waals surface area contributed by atoms with E-state index in [9.17, 15) is 0 Å². The van der Waals surface area contributed by atoms with Crippen LogP contribution in [0.1, 0.15) is 6.42 Å². The topological polar surface area (TPSA) is 68.9 Å². The van der Waals surface area contributed by atoms with E-state index < -0.39 is 0 Å². The highest BCUT2D eigenvalue weighted by molar-refractivity contribution is 5.92. The predicted octanol–water partition coefficient (Wildman–Crippen LogP) is 1.77. The van der Waals surface area contributed by atoms with E-state index in [0.29, 0.717) is 19.1 Å². The van der Waals surface area contributed by atoms with Crippen molar-refractivity contribution in [2.45, 2.75) is 6.42 Å². The van der Waals surface area contributed by atoms with Crippen LogP contribution in [0.5, 0.6) is 5.75 Å². The van der Waals surface area contributed by atoms with Crippen LogP contribution in [0.2, 0.25) is 0 Å². The van der Waals surface area contributed by atoms with E-state index in [1.165, 1.54) is 5.57 Å². The van der Waals surface area contributed by atoms with Crippen molar-refractivity contribution in [3.05, 3.63) is 35.9 Å². The van der Waals surface area contributed by atoms with Crippen LogP contribution in [0.25, 0.3) is 0 Å². The predicted molar refractivity (Wildman–Crippen MR) is 76.6 cm³/mol. The summed E-state index contributed by atoms with van der Waals surface area (Å²) in [5.41, 5.74) is 8.00. The molecule has 1 aromatic carbocycles. The zero-order valence-electron chi connectivity index (χ0n) is 11.1. The van der Waals surface area contributed by atoms with Crippen LogP contribution in [0, 0.1) is 0 Å². The second-order valence-corrected chi connectivity index (χ2v) is 4.24. The van der Waals surface area contributed by atoms with Crippen LogP contribution >= 0.6 is 0 Å². The number of benzene rings is 1. The van der Waals surface area contributed by atoms with Gasteiger partial charge in [0.05, 0.1) is 26.9 Å². The largest absolute Gasteiger partial charge is 0.497 e. The SMILES string of the molecule is COc1ccc(NC(N)=NCC2=CCOCC2)cc1. The molecule has 0 amide bonds. The molecule has 3 N–H and O–H groups in total. The first-order valence-electron chi connectivity index (χ1n) is 6.24. The van der Waals surface area contributed by atoms with Gasteiger partial charge in [-0.2, -0.15) is 0 Å². The van der Waals surface area contributed by atoms with Gasteiger partial charge in [0, 0.05) is 5.69 Å². The average Bonchev–Trinajstić information content (AvgIpc) is 2.47. The number of nitrogens with two attached hydrogens (primary N) is 1. The summed E-state index contributed by atoms with van der Waals surface area (Å²) in [6, 6.07) is 7.54. The molecule has 0 aliphatic carbocycles. The fourth-order valence-corrected chi connectivity index (χ4v) is 1.76. The molecule has 0 fully saturated rings. The van der Waals surface area contributed by atoms with Crippen LogP contribution in [-0.2, 0) is 4.74 Å². The second kappa shape index (κ2) is 6.80. The number of ether oxygens (including phenoxy) is 2. The molecule has 5 heteroatoms. The maximum atomic E-state index is 5.84. The van der Waals surface area contributed by atoms with Crippen LogP contribution in [0.15, 0.2) is 40.9 Å². The minimum atomic E-state index is 0.414. The number of rotatable bonds is 4. The van der Waals surface area contributed by atoms with Crippen molar-refractivity contribution < 1.29 is 9.47 Å². The van der Waals surface area contributed by atoms with Gasteiger partial charge in [-0.25, -0.2) is 4.99 Å². The van der Waals surface area contributed by atoms with Gasteiger partial charge < -0.3 is 20.5 Å². The summed E-state index contributed by atoms with van der Waals surface area (Å²) in [6.07, 6.45) is 2.99. The van der Waals surface area contributed by atoms with Gasteiger partial charge in [-0.05, 0) is 36.3 Å². The molecule has 0 atom stereocenters. The summed E-state index contributed by atoms with van der Waals surface area (Å²) in [5.74, 6) is 1.23. The van der Waals surface area contributed by atoms with Gasteiger partial charge in [-0.15, -0.1) is 0 Å². The first kappa shape index (κ1) is 13.4. The van der Waals surface area contributed by atoms with Gasteiger partial charge >= 0.3 is 0 Å². The van der Waals surface area contributed by atoms with E-state index >= 15 is 0 Å². The Hall–Kier alpha value is -2.01. The molecule has 19 heavy (non-hydrogen) atoms. The molecule has 1 heterocycles. The highest BCUT2D eigenvalue weighted by atomic mass is 16.5. The molecular formula is C14H19N3O2. The molecule has 0 unspecified atom stereocenters. The Morgan fingerprint density at radius 3 is 2.84 bits per heavy atom. The van der Waals surface area contributed by atoms with Crippen LogP contribution in [-0.4, -0.2) is 32.8 Å². The molecule has 0 aromatic heterocycles. The number of anilines is 1. The molecule has 1 aliphatic heterocycles. The Kier molecular flexibility index (Phi) is 4.80. The number of methoxy groups -OCH3 is 1. The Balaban J connectivity index is 1.88. The smallest absolute Gasteiger partial charge is 0.193 e. The number of nitrogens with zero attached hydrogens (tertiary/aromatic N) is 1. The third-order valence-electron chi connectivity index (χ3n) is 2.87. The molecule has 0 bridgehead atoms. The van der Waals surface area contributed by atoms with E-state index in [1.807, 2.05) is 24.3 Å². The van der Waals surface area contributed by atoms with Crippen molar-refractivity contribution >= 4 is 11.6 Å². The monoisotopic (exact) mass is 261 g/mol. The molecule has 102 valence electrons. The summed E-state index contributed by atoms with van der Waals surface area (Å²) in [4.78, 5) is 4.31. The van der Waals surface area contributed by atoms with Crippen LogP contribution in [0.3, 0.4) is 0 Å². The summed E-state index contributed by atoms with van der Waals surface area (Å²) in [7, 11) is 1.64. The van der Waals surface area contributed by atoms with Gasteiger partial charge in [0.15, 0.2) is 5.96 Å². The molecular weight excluding hydrogens is 242 g/mol.